The van der Waals surface area contributed by atoms with Gasteiger partial charge in [-0.1, -0.05) is 62.4 Å². The van der Waals surface area contributed by atoms with Crippen molar-refractivity contribution in [2.75, 3.05) is 7.05 Å². The number of nitrogens with one attached hydrogen (secondary N) is 1. The van der Waals surface area contributed by atoms with Gasteiger partial charge in [-0.3, -0.25) is 4.79 Å². The van der Waals surface area contributed by atoms with Gasteiger partial charge in [0.05, 0.1) is 6.04 Å². The van der Waals surface area contributed by atoms with Crippen LogP contribution in [0, 0.1) is 28.6 Å². The van der Waals surface area contributed by atoms with Crippen molar-refractivity contribution in [3.63, 3.8) is 0 Å². The number of piperidine rings is 1. The van der Waals surface area contributed by atoms with Crippen LogP contribution in [0.2, 0.25) is 0 Å². The molecule has 1 saturated heterocycles. The molecule has 3 fully saturated rings. The van der Waals surface area contributed by atoms with Crippen LogP contribution < -0.4 is 5.32 Å². The predicted octanol–water partition coefficient (Wildman–Crippen LogP) is 6.57. The van der Waals surface area contributed by atoms with E-state index in [0.717, 1.165) is 49.7 Å². The van der Waals surface area contributed by atoms with Crippen molar-refractivity contribution in [3.8, 4) is 5.75 Å². The smallest absolute Gasteiger partial charge is 0.408 e. The molecule has 4 aliphatic rings. The molecule has 0 spiro atoms. The third kappa shape index (κ3) is 4.32. The Balaban J connectivity index is 1.19. The van der Waals surface area contributed by atoms with E-state index in [-0.39, 0.29) is 34.6 Å². The molecule has 2 N–H and O–H groups in total. The lowest BCUT2D eigenvalue weighted by atomic mass is 9.49. The third-order valence-electron chi connectivity index (χ3n) is 10.8. The van der Waals surface area contributed by atoms with E-state index in [9.17, 15) is 14.7 Å². The Morgan fingerprint density at radius 3 is 2.46 bits per heavy atom. The number of phenols is 1. The molecular formula is C33H40N2O4. The van der Waals surface area contributed by atoms with Crippen LogP contribution in [0.4, 0.5) is 4.79 Å². The standard InChI is InChI=1S/C33H40N2O4/c1-32-20-18-29(37)35(3)27(32)15-13-24-25-14-16-28(33(25,2)19-17-26(24)32)39-31(38)34-30(21-7-5-4-6-8-21)22-9-11-23(36)12-10-22/h4-12,15,24-26,28,30,36H,13-14,16-20H2,1-3H3,(H,34,38)/t24-,25-,26-,28-,30?,32+,33-/m0/s1. The number of aromatic hydroxyl groups is 1. The lowest BCUT2D eigenvalue weighted by Gasteiger charge is -2.58. The van der Waals surface area contributed by atoms with Crippen molar-refractivity contribution in [2.45, 2.75) is 70.9 Å². The van der Waals surface area contributed by atoms with Gasteiger partial charge in [0.2, 0.25) is 5.91 Å². The molecule has 1 aliphatic heterocycles. The van der Waals surface area contributed by atoms with E-state index in [1.165, 1.54) is 5.70 Å². The van der Waals surface area contributed by atoms with Crippen molar-refractivity contribution in [1.29, 1.82) is 0 Å². The van der Waals surface area contributed by atoms with Crippen LogP contribution in [-0.2, 0) is 9.53 Å². The summed E-state index contributed by atoms with van der Waals surface area (Å²) in [5.74, 6) is 2.06. The van der Waals surface area contributed by atoms with Crippen LogP contribution in [0.3, 0.4) is 0 Å². The number of carbonyl (C=O) groups excluding carboxylic acids is 2. The van der Waals surface area contributed by atoms with Crippen LogP contribution in [0.1, 0.15) is 76.0 Å². The van der Waals surface area contributed by atoms with Crippen molar-refractivity contribution >= 4 is 12.0 Å². The first-order valence-electron chi connectivity index (χ1n) is 14.5. The summed E-state index contributed by atoms with van der Waals surface area (Å²) in [7, 11) is 1.94. The molecule has 0 radical (unpaired) electrons. The summed E-state index contributed by atoms with van der Waals surface area (Å²) in [6.45, 7) is 4.72. The van der Waals surface area contributed by atoms with E-state index in [4.69, 9.17) is 4.74 Å². The molecule has 2 saturated carbocycles. The summed E-state index contributed by atoms with van der Waals surface area (Å²) in [6.07, 6.45) is 8.51. The fourth-order valence-electron chi connectivity index (χ4n) is 8.68. The van der Waals surface area contributed by atoms with Crippen molar-refractivity contribution < 1.29 is 19.4 Å². The first kappa shape index (κ1) is 26.0. The molecule has 6 rings (SSSR count). The lowest BCUT2D eigenvalue weighted by Crippen LogP contribution is -2.54. The Labute approximate surface area is 231 Å². The number of alkyl carbamates (subject to hydrolysis) is 1. The van der Waals surface area contributed by atoms with Gasteiger partial charge in [0.15, 0.2) is 0 Å². The Kier molecular flexibility index (Phi) is 6.47. The van der Waals surface area contributed by atoms with Crippen LogP contribution in [0.25, 0.3) is 0 Å². The maximum atomic E-state index is 13.4. The van der Waals surface area contributed by atoms with Crippen LogP contribution >= 0.6 is 0 Å². The highest BCUT2D eigenvalue weighted by Gasteiger charge is 2.60. The SMILES string of the molecule is CN1C(=O)CC[C@@]2(C)C1=CC[C@H]1[C@@H]3CC[C@H](OC(=O)NC(c4ccccc4)c4ccc(O)cc4)[C@@]3(C)CC[C@@H]12. The summed E-state index contributed by atoms with van der Waals surface area (Å²) in [6, 6.07) is 16.5. The minimum Gasteiger partial charge on any atom is -0.508 e. The number of allylic oxidation sites excluding steroid dienone is 2. The zero-order valence-electron chi connectivity index (χ0n) is 23.2. The predicted molar refractivity (Wildman–Crippen MR) is 150 cm³/mol. The molecule has 2 amide bonds. The number of rotatable bonds is 4. The van der Waals surface area contributed by atoms with Gasteiger partial charge in [-0.25, -0.2) is 4.79 Å². The molecular weight excluding hydrogens is 488 g/mol. The van der Waals surface area contributed by atoms with Crippen molar-refractivity contribution in [1.82, 2.24) is 10.2 Å². The van der Waals surface area contributed by atoms with Gasteiger partial charge in [-0.2, -0.15) is 0 Å². The van der Waals surface area contributed by atoms with Crippen LogP contribution in [-0.4, -0.2) is 35.2 Å². The number of hydrogen-bond acceptors (Lipinski definition) is 4. The molecule has 6 heteroatoms. The van der Waals surface area contributed by atoms with Gasteiger partial charge >= 0.3 is 6.09 Å². The largest absolute Gasteiger partial charge is 0.508 e. The van der Waals surface area contributed by atoms with Gasteiger partial charge in [0.25, 0.3) is 0 Å². The van der Waals surface area contributed by atoms with E-state index >= 15 is 0 Å². The number of amides is 2. The average molecular weight is 529 g/mol. The van der Waals surface area contributed by atoms with E-state index in [0.29, 0.717) is 24.2 Å². The lowest BCUT2D eigenvalue weighted by molar-refractivity contribution is -0.136. The summed E-state index contributed by atoms with van der Waals surface area (Å²) < 4.78 is 6.26. The number of phenolic OH excluding ortho intramolecular Hbond substituents is 1. The van der Waals surface area contributed by atoms with E-state index in [1.54, 1.807) is 12.1 Å². The molecule has 7 atom stereocenters. The molecule has 39 heavy (non-hydrogen) atoms. The molecule has 6 nitrogen and oxygen atoms in total. The maximum absolute atomic E-state index is 13.4. The van der Waals surface area contributed by atoms with Gasteiger partial charge in [0.1, 0.15) is 11.9 Å². The summed E-state index contributed by atoms with van der Waals surface area (Å²) in [5.41, 5.74) is 3.09. The monoisotopic (exact) mass is 528 g/mol. The first-order chi connectivity index (χ1) is 18.7. The number of fused-ring (bicyclic) bond motifs is 5. The normalized spacial score (nSPS) is 34.3. The van der Waals surface area contributed by atoms with Crippen molar-refractivity contribution in [2.24, 2.45) is 28.6 Å². The Hall–Kier alpha value is -3.28. The van der Waals surface area contributed by atoms with Crippen molar-refractivity contribution in [3.05, 3.63) is 77.5 Å². The Morgan fingerprint density at radius 1 is 1.00 bits per heavy atom. The number of ether oxygens (including phenoxy) is 1. The number of nitrogens with zero attached hydrogens (tertiary/aromatic N) is 1. The number of likely N-dealkylation sites (tertiary alicyclic amines) is 1. The molecule has 206 valence electrons. The minimum atomic E-state index is -0.392. The quantitative estimate of drug-likeness (QED) is 0.471. The number of benzene rings is 2. The second kappa shape index (κ2) is 9.72. The van der Waals surface area contributed by atoms with Crippen LogP contribution in [0.15, 0.2) is 66.4 Å². The highest BCUT2D eigenvalue weighted by Crippen LogP contribution is 2.64. The topological polar surface area (TPSA) is 78.9 Å². The minimum absolute atomic E-state index is 0.0443. The number of carbonyl (C=O) groups is 2. The Morgan fingerprint density at radius 2 is 1.72 bits per heavy atom. The third-order valence-corrected chi connectivity index (χ3v) is 10.8. The van der Waals surface area contributed by atoms with Gasteiger partial charge in [-0.15, -0.1) is 0 Å². The maximum Gasteiger partial charge on any atom is 0.408 e. The molecule has 1 heterocycles. The zero-order valence-corrected chi connectivity index (χ0v) is 23.2. The molecule has 0 bridgehead atoms. The zero-order chi connectivity index (χ0) is 27.4. The molecule has 0 aromatic heterocycles. The summed E-state index contributed by atoms with van der Waals surface area (Å²) in [4.78, 5) is 27.7. The molecule has 2 aromatic carbocycles. The second-order valence-electron chi connectivity index (χ2n) is 12.7. The van der Waals surface area contributed by atoms with Gasteiger partial charge in [-0.05, 0) is 79.5 Å². The molecule has 2 aromatic rings. The van der Waals surface area contributed by atoms with Crippen LogP contribution in [0.5, 0.6) is 5.75 Å². The highest BCUT2D eigenvalue weighted by molar-refractivity contribution is 5.79. The summed E-state index contributed by atoms with van der Waals surface area (Å²) in [5, 5.41) is 12.9. The van der Waals surface area contributed by atoms with E-state index < -0.39 is 6.09 Å². The summed E-state index contributed by atoms with van der Waals surface area (Å²) >= 11 is 0. The highest BCUT2D eigenvalue weighted by atomic mass is 16.6. The number of hydrogen-bond donors (Lipinski definition) is 2. The fraction of sp³-hybridized carbons (Fsp3) is 0.515. The first-order valence-corrected chi connectivity index (χ1v) is 14.5. The van der Waals surface area contributed by atoms with Gasteiger partial charge < -0.3 is 20.1 Å². The molecule has 1 unspecified atom stereocenters. The molecule has 3 aliphatic carbocycles. The van der Waals surface area contributed by atoms with Gasteiger partial charge in [0, 0.05) is 30.0 Å². The average Bonchev–Trinajstić information content (AvgIpc) is 3.26. The van der Waals surface area contributed by atoms with E-state index in [2.05, 4.69) is 25.2 Å². The fourth-order valence-corrected chi connectivity index (χ4v) is 8.68. The second-order valence-corrected chi connectivity index (χ2v) is 12.7. The van der Waals surface area contributed by atoms with E-state index in [1.807, 2.05) is 54.4 Å². The Bertz CT molecular complexity index is 1270.